The van der Waals surface area contributed by atoms with E-state index in [0.29, 0.717) is 19.0 Å². The van der Waals surface area contributed by atoms with Gasteiger partial charge >= 0.3 is 12.1 Å². The topological polar surface area (TPSA) is 82.5 Å². The summed E-state index contributed by atoms with van der Waals surface area (Å²) in [6.45, 7) is 5.71. The van der Waals surface area contributed by atoms with Crippen LogP contribution in [0, 0.1) is 17.3 Å². The van der Waals surface area contributed by atoms with Crippen molar-refractivity contribution in [3.05, 3.63) is 64.4 Å². The van der Waals surface area contributed by atoms with Crippen LogP contribution in [0.3, 0.4) is 0 Å². The molecule has 6 nitrogen and oxygen atoms in total. The lowest BCUT2D eigenvalue weighted by atomic mass is 9.72. The number of nitrogens with one attached hydrogen (secondary N) is 1. The number of alkyl halides is 3. The fraction of sp³-hybridized carbons (Fsp3) is 0.552. The smallest absolute Gasteiger partial charge is 0.417 e. The predicted molar refractivity (Wildman–Crippen MR) is 142 cm³/mol. The van der Waals surface area contributed by atoms with Crippen LogP contribution in [0.4, 0.5) is 13.2 Å². The molecule has 2 N–H and O–H groups in total. The molecule has 1 aromatic carbocycles. The second kappa shape index (κ2) is 11.5. The maximum absolute atomic E-state index is 14.1. The van der Waals surface area contributed by atoms with Crippen LogP contribution in [0.2, 0.25) is 5.15 Å². The normalized spacial score (nSPS) is 24.6. The highest BCUT2D eigenvalue weighted by molar-refractivity contribution is 6.30. The maximum atomic E-state index is 14.1. The summed E-state index contributed by atoms with van der Waals surface area (Å²) in [5, 5.41) is 13.8. The zero-order valence-corrected chi connectivity index (χ0v) is 23.1. The monoisotopic (exact) mass is 565 g/mol. The van der Waals surface area contributed by atoms with Crippen LogP contribution in [0.15, 0.2) is 42.6 Å². The zero-order chi connectivity index (χ0) is 28.5. The van der Waals surface area contributed by atoms with Gasteiger partial charge < -0.3 is 15.3 Å². The number of benzene rings is 1. The average molecular weight is 566 g/mol. The molecule has 1 aliphatic carbocycles. The number of aromatic nitrogens is 1. The standard InChI is InChI=1S/C29H35ClF3N3O3/c1-28(2,3)21-22(34-15-19-14-20(29(31,32)33)16-35-25(19)30)23(17-10-6-4-7-11-17)36(24(21)27(38)39)26(37)18-12-8-5-9-13-18/h4,6-7,10-11,14,16,18,21-24,34H,5,8-9,12-13,15H2,1-3H3,(H,38,39). The Morgan fingerprint density at radius 1 is 1.10 bits per heavy atom. The highest BCUT2D eigenvalue weighted by Crippen LogP contribution is 2.49. The zero-order valence-electron chi connectivity index (χ0n) is 22.3. The first-order valence-corrected chi connectivity index (χ1v) is 13.7. The maximum Gasteiger partial charge on any atom is 0.417 e. The Kier molecular flexibility index (Phi) is 8.61. The fourth-order valence-electron chi connectivity index (χ4n) is 6.29. The van der Waals surface area contributed by atoms with Crippen molar-refractivity contribution in [1.82, 2.24) is 15.2 Å². The molecule has 10 heteroatoms. The van der Waals surface area contributed by atoms with Crippen LogP contribution in [-0.2, 0) is 22.3 Å². The molecule has 0 bridgehead atoms. The van der Waals surface area contributed by atoms with E-state index < -0.39 is 47.2 Å². The molecule has 4 unspecified atom stereocenters. The van der Waals surface area contributed by atoms with Crippen LogP contribution in [0.1, 0.15) is 75.6 Å². The lowest BCUT2D eigenvalue weighted by molar-refractivity contribution is -0.154. The van der Waals surface area contributed by atoms with Gasteiger partial charge in [-0.1, -0.05) is 82.0 Å². The van der Waals surface area contributed by atoms with Crippen LogP contribution in [0.25, 0.3) is 0 Å². The van der Waals surface area contributed by atoms with E-state index in [0.717, 1.165) is 30.9 Å². The first-order chi connectivity index (χ1) is 18.3. The molecule has 1 saturated carbocycles. The summed E-state index contributed by atoms with van der Waals surface area (Å²) in [6.07, 6.45) is 0.427. The molecular weight excluding hydrogens is 531 g/mol. The minimum atomic E-state index is -4.59. The Morgan fingerprint density at radius 3 is 2.31 bits per heavy atom. The van der Waals surface area contributed by atoms with Gasteiger partial charge in [0.2, 0.25) is 5.91 Å². The molecular formula is C29H35ClF3N3O3. The van der Waals surface area contributed by atoms with E-state index in [4.69, 9.17) is 11.6 Å². The Labute approximate surface area is 231 Å². The molecule has 0 radical (unpaired) electrons. The third-order valence-corrected chi connectivity index (χ3v) is 8.38. The molecule has 1 saturated heterocycles. The average Bonchev–Trinajstić information content (AvgIpc) is 3.24. The van der Waals surface area contributed by atoms with Gasteiger partial charge in [-0.05, 0) is 29.9 Å². The van der Waals surface area contributed by atoms with E-state index in [1.54, 1.807) is 4.90 Å². The molecule has 2 aliphatic rings. The van der Waals surface area contributed by atoms with Crippen molar-refractivity contribution in [2.75, 3.05) is 0 Å². The number of pyridine rings is 1. The van der Waals surface area contributed by atoms with Crippen LogP contribution < -0.4 is 5.32 Å². The van der Waals surface area contributed by atoms with Crippen molar-refractivity contribution in [3.8, 4) is 0 Å². The van der Waals surface area contributed by atoms with Gasteiger partial charge in [-0.2, -0.15) is 13.2 Å². The number of carboxylic acids is 1. The summed E-state index contributed by atoms with van der Waals surface area (Å²) in [7, 11) is 0. The molecule has 212 valence electrons. The van der Waals surface area contributed by atoms with E-state index in [1.807, 2.05) is 51.1 Å². The number of hydrogen-bond donors (Lipinski definition) is 2. The Morgan fingerprint density at radius 2 is 1.74 bits per heavy atom. The third kappa shape index (κ3) is 6.24. The SMILES string of the molecule is CC(C)(C)C1C(NCc2cc(C(F)(F)F)cnc2Cl)C(c2ccccc2)N(C(=O)C2CCCCC2)C1C(=O)O. The molecule has 4 rings (SSSR count). The molecule has 2 fully saturated rings. The second-order valence-electron chi connectivity index (χ2n) is 11.7. The van der Waals surface area contributed by atoms with Crippen LogP contribution in [-0.4, -0.2) is 39.0 Å². The number of halogens is 4. The second-order valence-corrected chi connectivity index (χ2v) is 12.0. The summed E-state index contributed by atoms with van der Waals surface area (Å²) < 4.78 is 40.2. The number of hydrogen-bond acceptors (Lipinski definition) is 4. The summed E-state index contributed by atoms with van der Waals surface area (Å²) in [6, 6.07) is 7.88. The van der Waals surface area contributed by atoms with Gasteiger partial charge in [0.1, 0.15) is 11.2 Å². The van der Waals surface area contributed by atoms with Gasteiger partial charge in [0.15, 0.2) is 0 Å². The molecule has 2 heterocycles. The highest BCUT2D eigenvalue weighted by atomic mass is 35.5. The van der Waals surface area contributed by atoms with E-state index in [9.17, 15) is 27.9 Å². The van der Waals surface area contributed by atoms with Gasteiger partial charge in [-0.15, -0.1) is 0 Å². The third-order valence-electron chi connectivity index (χ3n) is 8.04. The van der Waals surface area contributed by atoms with Crippen molar-refractivity contribution in [2.45, 2.75) is 83.7 Å². The summed E-state index contributed by atoms with van der Waals surface area (Å²) in [5.41, 5.74) is -0.564. The largest absolute Gasteiger partial charge is 0.480 e. The van der Waals surface area contributed by atoms with Crippen molar-refractivity contribution in [1.29, 1.82) is 0 Å². The van der Waals surface area contributed by atoms with Crippen molar-refractivity contribution in [2.24, 2.45) is 17.3 Å². The number of likely N-dealkylation sites (tertiary alicyclic amines) is 1. The van der Waals surface area contributed by atoms with Gasteiger partial charge in [0, 0.05) is 36.2 Å². The molecule has 1 aliphatic heterocycles. The first kappa shape index (κ1) is 29.3. The van der Waals surface area contributed by atoms with Crippen molar-refractivity contribution in [3.63, 3.8) is 0 Å². The first-order valence-electron chi connectivity index (χ1n) is 13.4. The summed E-state index contributed by atoms with van der Waals surface area (Å²) >= 11 is 6.19. The molecule has 4 atom stereocenters. The van der Waals surface area contributed by atoms with Gasteiger partial charge in [0.05, 0.1) is 11.6 Å². The molecule has 1 amide bonds. The Bertz CT molecular complexity index is 1180. The molecule has 2 aromatic rings. The molecule has 1 aromatic heterocycles. The number of aliphatic carboxylic acids is 1. The van der Waals surface area contributed by atoms with Gasteiger partial charge in [-0.25, -0.2) is 9.78 Å². The van der Waals surface area contributed by atoms with Crippen LogP contribution >= 0.6 is 11.6 Å². The lowest BCUT2D eigenvalue weighted by Gasteiger charge is -2.36. The summed E-state index contributed by atoms with van der Waals surface area (Å²) in [4.78, 5) is 32.2. The van der Waals surface area contributed by atoms with Crippen molar-refractivity contribution < 1.29 is 27.9 Å². The molecule has 39 heavy (non-hydrogen) atoms. The van der Waals surface area contributed by atoms with Gasteiger partial charge in [-0.3, -0.25) is 4.79 Å². The van der Waals surface area contributed by atoms with Gasteiger partial charge in [0.25, 0.3) is 0 Å². The number of carbonyl (C=O) groups excluding carboxylic acids is 1. The van der Waals surface area contributed by atoms with E-state index >= 15 is 0 Å². The lowest BCUT2D eigenvalue weighted by Crippen LogP contribution is -2.49. The number of carboxylic acid groups (broad SMARTS) is 1. The number of rotatable bonds is 6. The Balaban J connectivity index is 1.80. The predicted octanol–water partition coefficient (Wildman–Crippen LogP) is 6.49. The van der Waals surface area contributed by atoms with E-state index in [2.05, 4.69) is 10.3 Å². The summed E-state index contributed by atoms with van der Waals surface area (Å²) in [5.74, 6) is -2.07. The number of amides is 1. The number of carbonyl (C=O) groups is 2. The van der Waals surface area contributed by atoms with E-state index in [1.165, 1.54) is 0 Å². The van der Waals surface area contributed by atoms with Crippen LogP contribution in [0.5, 0.6) is 0 Å². The minimum absolute atomic E-state index is 0.0676. The molecule has 0 spiro atoms. The number of nitrogens with zero attached hydrogens (tertiary/aromatic N) is 2. The fourth-order valence-corrected chi connectivity index (χ4v) is 6.46. The van der Waals surface area contributed by atoms with E-state index in [-0.39, 0.29) is 29.1 Å². The highest BCUT2D eigenvalue weighted by Gasteiger charge is 2.58. The minimum Gasteiger partial charge on any atom is -0.480 e. The van der Waals surface area contributed by atoms with Crippen molar-refractivity contribution >= 4 is 23.5 Å². The Hall–Kier alpha value is -2.65. The quantitative estimate of drug-likeness (QED) is 0.391.